The summed E-state index contributed by atoms with van der Waals surface area (Å²) in [6.07, 6.45) is 0.170. The van der Waals surface area contributed by atoms with Crippen molar-refractivity contribution in [1.82, 2.24) is 9.97 Å². The Morgan fingerprint density at radius 2 is 2.17 bits per heavy atom. The lowest BCUT2D eigenvalue weighted by atomic mass is 9.52. The summed E-state index contributed by atoms with van der Waals surface area (Å²) in [6, 6.07) is 4.08. The molecule has 24 heavy (non-hydrogen) atoms. The lowest BCUT2D eigenvalue weighted by Crippen LogP contribution is -2.23. The molecule has 0 saturated carbocycles. The van der Waals surface area contributed by atoms with E-state index in [9.17, 15) is 14.3 Å². The molecule has 9 heteroatoms. The zero-order chi connectivity index (χ0) is 17.6. The molecule has 0 unspecified atom stereocenters. The molecule has 0 fully saturated rings. The number of carbonyl (C=O) groups is 1. The zero-order valence-corrected chi connectivity index (χ0v) is 13.5. The van der Waals surface area contributed by atoms with E-state index in [0.29, 0.717) is 16.5 Å². The van der Waals surface area contributed by atoms with E-state index in [1.54, 1.807) is 0 Å². The summed E-state index contributed by atoms with van der Waals surface area (Å²) >= 11 is 0.935. The van der Waals surface area contributed by atoms with Gasteiger partial charge in [0.25, 0.3) is 0 Å². The minimum Gasteiger partial charge on any atom is -0.388 e. The van der Waals surface area contributed by atoms with Crippen LogP contribution in [0.3, 0.4) is 0 Å². The number of carbonyl (C=O) groups excluding carboxylic acids is 1. The van der Waals surface area contributed by atoms with Gasteiger partial charge in [0, 0.05) is 17.1 Å². The number of aliphatic hydroxyl groups is 1. The van der Waals surface area contributed by atoms with Gasteiger partial charge in [0.1, 0.15) is 13.7 Å². The average Bonchev–Trinajstić information content (AvgIpc) is 3.08. The van der Waals surface area contributed by atoms with E-state index in [0.717, 1.165) is 11.3 Å². The van der Waals surface area contributed by atoms with Crippen LogP contribution < -0.4 is 4.78 Å². The Bertz CT molecular complexity index is 933. The van der Waals surface area contributed by atoms with Gasteiger partial charge in [-0.1, -0.05) is 12.1 Å². The molecule has 3 aromatic rings. The Morgan fingerprint density at radius 3 is 2.83 bits per heavy atom. The molecule has 1 aromatic carbocycles. The van der Waals surface area contributed by atoms with Gasteiger partial charge in [-0.05, 0) is 23.0 Å². The maximum Gasteiger partial charge on any atom is 0.223 e. The van der Waals surface area contributed by atoms with Crippen molar-refractivity contribution in [1.29, 1.82) is 0 Å². The summed E-state index contributed by atoms with van der Waals surface area (Å²) < 4.78 is 13.4. The van der Waals surface area contributed by atoms with Crippen molar-refractivity contribution in [3.05, 3.63) is 46.5 Å². The fourth-order valence-corrected chi connectivity index (χ4v) is 3.15. The van der Waals surface area contributed by atoms with Crippen LogP contribution in [-0.2, 0) is 0 Å². The van der Waals surface area contributed by atoms with Crippen molar-refractivity contribution >= 4 is 56.3 Å². The topological polar surface area (TPSA) is 66.0 Å². The first kappa shape index (κ1) is 17.0. The van der Waals surface area contributed by atoms with E-state index >= 15 is 0 Å². The molecule has 0 amide bonds. The van der Waals surface area contributed by atoms with E-state index in [1.807, 2.05) is 0 Å². The molecule has 4 nitrogen and oxygen atoms in total. The van der Waals surface area contributed by atoms with Crippen molar-refractivity contribution in [3.63, 3.8) is 0 Å². The molecule has 0 aliphatic rings. The largest absolute Gasteiger partial charge is 0.388 e. The summed E-state index contributed by atoms with van der Waals surface area (Å²) in [4.78, 5) is 19.6. The Morgan fingerprint density at radius 1 is 1.46 bits per heavy atom. The SMILES string of the molecule is [B]c1sc(C(=O)c2c[nH]c3cc(F)ccc23)nc1[C@@H](O)C([B])([B])C. The minimum atomic E-state index is -1.44. The number of hydrogen-bond donors (Lipinski definition) is 2. The summed E-state index contributed by atoms with van der Waals surface area (Å²) in [5.41, 5.74) is 0.907. The third kappa shape index (κ3) is 2.94. The third-order valence-corrected chi connectivity index (χ3v) is 4.51. The lowest BCUT2D eigenvalue weighted by Gasteiger charge is -2.26. The molecule has 2 N–H and O–H groups in total. The maximum atomic E-state index is 13.2. The average molecular weight is 334 g/mol. The Kier molecular flexibility index (Phi) is 4.17. The first-order chi connectivity index (χ1) is 11.2. The highest BCUT2D eigenvalue weighted by Gasteiger charge is 2.28. The highest BCUT2D eigenvalue weighted by Crippen LogP contribution is 2.33. The van der Waals surface area contributed by atoms with E-state index in [1.165, 1.54) is 31.3 Å². The molecule has 2 heterocycles. The molecule has 6 radical (unpaired) electrons. The van der Waals surface area contributed by atoms with Crippen molar-refractivity contribution < 1.29 is 14.3 Å². The molecule has 3 rings (SSSR count). The number of aliphatic hydroxyl groups excluding tert-OH is 1. The molecular formula is C15H10B3FN2O2S. The van der Waals surface area contributed by atoms with Crippen LogP contribution >= 0.6 is 11.3 Å². The summed E-state index contributed by atoms with van der Waals surface area (Å²) in [5, 5.41) is 9.34. The Labute approximate surface area is 145 Å². The number of aromatic amines is 1. The number of ketones is 1. The minimum absolute atomic E-state index is 0.0711. The Hall–Kier alpha value is -1.86. The molecule has 0 spiro atoms. The molecular weight excluding hydrogens is 324 g/mol. The smallest absolute Gasteiger partial charge is 0.223 e. The van der Waals surface area contributed by atoms with E-state index in [2.05, 4.69) is 9.97 Å². The number of aromatic nitrogens is 2. The van der Waals surface area contributed by atoms with Crippen molar-refractivity contribution in [2.24, 2.45) is 0 Å². The van der Waals surface area contributed by atoms with Gasteiger partial charge in [-0.3, -0.25) is 4.79 Å². The molecule has 1 atom stereocenters. The van der Waals surface area contributed by atoms with Crippen LogP contribution in [0.1, 0.15) is 34.1 Å². The molecule has 0 saturated heterocycles. The first-order valence-electron chi connectivity index (χ1n) is 7.02. The zero-order valence-electron chi connectivity index (χ0n) is 12.7. The van der Waals surface area contributed by atoms with Gasteiger partial charge < -0.3 is 10.1 Å². The van der Waals surface area contributed by atoms with E-state index in [4.69, 9.17) is 23.5 Å². The summed E-state index contributed by atoms with van der Waals surface area (Å²) in [6.45, 7) is 1.42. The molecule has 0 bridgehead atoms. The fourth-order valence-electron chi connectivity index (χ4n) is 2.33. The second-order valence-electron chi connectivity index (χ2n) is 5.76. The Balaban J connectivity index is 2.01. The number of rotatable bonds is 4. The van der Waals surface area contributed by atoms with Crippen LogP contribution in [0, 0.1) is 5.82 Å². The molecule has 0 aliphatic heterocycles. The molecule has 0 aliphatic carbocycles. The van der Waals surface area contributed by atoms with Gasteiger partial charge in [0.15, 0.2) is 5.01 Å². The molecule has 2 aromatic heterocycles. The standard InChI is InChI=1S/C15H10B3FN2O2S/c1-15(17,18)12(23)10-13(16)24-14(21-10)11(22)8-5-20-9-4-6(19)2-3-7(8)9/h2-5,12,20,23H,1H3/t12-/m1/s1. The fraction of sp³-hybridized carbons (Fsp3) is 0.200. The number of fused-ring (bicyclic) bond motifs is 1. The van der Waals surface area contributed by atoms with Crippen molar-refractivity contribution in [2.45, 2.75) is 18.2 Å². The van der Waals surface area contributed by atoms with Gasteiger partial charge in [-0.15, -0.1) is 11.3 Å². The number of halogens is 1. The van der Waals surface area contributed by atoms with E-state index < -0.39 is 22.9 Å². The monoisotopic (exact) mass is 334 g/mol. The predicted octanol–water partition coefficient (Wildman–Crippen LogP) is 1.29. The van der Waals surface area contributed by atoms with Crippen molar-refractivity contribution in [2.75, 3.05) is 0 Å². The van der Waals surface area contributed by atoms with Crippen LogP contribution in [0.25, 0.3) is 10.9 Å². The van der Waals surface area contributed by atoms with Crippen LogP contribution in [0.15, 0.2) is 24.4 Å². The number of nitrogens with zero attached hydrogens (tertiary/aromatic N) is 1. The van der Waals surface area contributed by atoms with E-state index in [-0.39, 0.29) is 15.5 Å². The highest BCUT2D eigenvalue weighted by atomic mass is 32.1. The van der Waals surface area contributed by atoms with Gasteiger partial charge in [0.2, 0.25) is 5.78 Å². The summed E-state index contributed by atoms with van der Waals surface area (Å²) in [7, 11) is 17.2. The quantitative estimate of drug-likeness (QED) is 0.558. The van der Waals surface area contributed by atoms with Gasteiger partial charge in [-0.25, -0.2) is 9.37 Å². The summed E-state index contributed by atoms with van der Waals surface area (Å²) in [5.74, 6) is -0.795. The lowest BCUT2D eigenvalue weighted by molar-refractivity contribution is 0.103. The number of hydrogen-bond acceptors (Lipinski definition) is 4. The number of benzene rings is 1. The second kappa shape index (κ2) is 5.90. The number of H-pyrrole nitrogens is 1. The van der Waals surface area contributed by atoms with Crippen molar-refractivity contribution in [3.8, 4) is 0 Å². The third-order valence-electron chi connectivity index (χ3n) is 3.61. The normalized spacial score (nSPS) is 13.3. The first-order valence-corrected chi connectivity index (χ1v) is 7.83. The second-order valence-corrected chi connectivity index (χ2v) is 6.79. The van der Waals surface area contributed by atoms with Gasteiger partial charge >= 0.3 is 0 Å². The van der Waals surface area contributed by atoms with Gasteiger partial charge in [0.05, 0.1) is 33.1 Å². The van der Waals surface area contributed by atoms with Gasteiger partial charge in [-0.2, -0.15) is 0 Å². The van der Waals surface area contributed by atoms with Crippen LogP contribution in [0.2, 0.25) is 5.21 Å². The van der Waals surface area contributed by atoms with Crippen LogP contribution in [0.4, 0.5) is 4.39 Å². The predicted molar refractivity (Wildman–Crippen MR) is 94.0 cm³/mol. The maximum absolute atomic E-state index is 13.2. The molecule has 114 valence electrons. The van der Waals surface area contributed by atoms with Crippen LogP contribution in [0.5, 0.6) is 0 Å². The number of thiazole rings is 1. The van der Waals surface area contributed by atoms with Crippen LogP contribution in [-0.4, -0.2) is 44.4 Å². The highest BCUT2D eigenvalue weighted by molar-refractivity contribution is 7.21. The number of nitrogens with one attached hydrogen (secondary N) is 1.